The monoisotopic (exact) mass is 2270 g/mol. The lowest BCUT2D eigenvalue weighted by Crippen LogP contribution is -2.05. The first-order valence-corrected chi connectivity index (χ1v) is 60.8. The van der Waals surface area contributed by atoms with E-state index in [0.29, 0.717) is 160 Å². The van der Waals surface area contributed by atoms with Crippen molar-refractivity contribution in [2.45, 2.75) is 107 Å². The number of H-pyrrole nitrogens is 2. The number of aromatic amines is 2. The molecule has 4 aliphatic rings. The lowest BCUT2D eigenvalue weighted by molar-refractivity contribution is 0.381. The zero-order valence-corrected chi connectivity index (χ0v) is 88.2. The summed E-state index contributed by atoms with van der Waals surface area (Å²) in [6.45, 7) is 15.6. The number of halogens is 20. The van der Waals surface area contributed by atoms with Crippen LogP contribution in [0, 0.1) is 116 Å². The van der Waals surface area contributed by atoms with E-state index >= 15 is 87.8 Å². The highest BCUT2D eigenvalue weighted by molar-refractivity contribution is 8.48. The average molecular weight is 2270 g/mol. The maximum Gasteiger partial charge on any atom is 0.200 e. The molecule has 17 rings (SSSR count). The van der Waals surface area contributed by atoms with Gasteiger partial charge in [-0.15, -0.1) is 185 Å². The van der Waals surface area contributed by atoms with Gasteiger partial charge in [-0.3, -0.25) is 0 Å². The van der Waals surface area contributed by atoms with E-state index < -0.39 is 224 Å². The van der Waals surface area contributed by atoms with Crippen LogP contribution in [0.5, 0.6) is 0 Å². The summed E-state index contributed by atoms with van der Waals surface area (Å²) in [5.74, 6) is -47.7. The molecule has 698 valence electrons. The van der Waals surface area contributed by atoms with Crippen LogP contribution in [0.15, 0.2) is 33.9 Å². The summed E-state index contributed by atoms with van der Waals surface area (Å²) in [5.41, 5.74) is -19.2. The molecule has 0 amide bonds. The maximum atomic E-state index is 18.6. The first-order valence-electron chi connectivity index (χ1n) is 39.8. The van der Waals surface area contributed by atoms with Gasteiger partial charge in [0.25, 0.3) is 0 Å². The van der Waals surface area contributed by atoms with Crippen molar-refractivity contribution >= 4 is 378 Å². The highest BCUT2D eigenvalue weighted by Crippen LogP contribution is 2.65. The number of thioether (sulfide) groups is 16. The highest BCUT2D eigenvalue weighted by atomic mass is 32.3. The molecule has 4 aliphatic heterocycles. The van der Waals surface area contributed by atoms with Crippen LogP contribution >= 0.6 is 279 Å². The molecular formula is C84H58F20N4S24. The molecule has 4 nitrogen and oxygen atoms in total. The quantitative estimate of drug-likeness (QED) is 0.0278. The smallest absolute Gasteiger partial charge is 0.200 e. The molecule has 8 aromatic heterocycles. The predicted octanol–water partition coefficient (Wildman–Crippen LogP) is 36.4. The fraction of sp³-hybridized carbons (Fsp3) is 0.286. The molecular weight excluding hydrogens is 2210 g/mol. The number of hydrogen-bond donors (Lipinski definition) is 2. The number of aromatic nitrogens is 4. The molecule has 0 saturated carbocycles. The molecule has 0 saturated heterocycles. The zero-order valence-electron chi connectivity index (χ0n) is 68.6. The van der Waals surface area contributed by atoms with Crippen molar-refractivity contribution in [1.29, 1.82) is 0 Å². The van der Waals surface area contributed by atoms with E-state index in [1.165, 1.54) is 188 Å². The van der Waals surface area contributed by atoms with E-state index in [1.807, 2.05) is 55.4 Å². The van der Waals surface area contributed by atoms with Gasteiger partial charge in [0.2, 0.25) is 23.3 Å². The van der Waals surface area contributed by atoms with Crippen LogP contribution in [0.1, 0.15) is 107 Å². The molecule has 2 N–H and O–H groups in total. The Kier molecular flexibility index (Phi) is 32.5. The third kappa shape index (κ3) is 18.3. The Morgan fingerprint density at radius 2 is 0.326 bits per heavy atom. The van der Waals surface area contributed by atoms with Gasteiger partial charge in [-0.1, -0.05) is 149 Å². The topological polar surface area (TPSA) is 57.4 Å². The van der Waals surface area contributed by atoms with Gasteiger partial charge in [0.1, 0.15) is 15.4 Å². The second-order valence-electron chi connectivity index (χ2n) is 28.3. The molecule has 13 aromatic rings. The van der Waals surface area contributed by atoms with E-state index in [9.17, 15) is 0 Å². The molecule has 12 heterocycles. The van der Waals surface area contributed by atoms with Gasteiger partial charge in [-0.05, 0) is 97.4 Å². The number of hydrogen-bond acceptors (Lipinski definition) is 26. The summed E-state index contributed by atoms with van der Waals surface area (Å²) in [6, 6.07) is 0. The molecule has 0 fully saturated rings. The highest BCUT2D eigenvalue weighted by Gasteiger charge is 2.41. The van der Waals surface area contributed by atoms with Crippen LogP contribution in [-0.4, -0.2) is 66.0 Å². The second kappa shape index (κ2) is 42.5. The third-order valence-corrected chi connectivity index (χ3v) is 55.5. The van der Waals surface area contributed by atoms with Crippen molar-refractivity contribution in [3.05, 3.63) is 166 Å². The lowest BCUT2D eigenvalue weighted by atomic mass is 10.0. The number of nitrogens with one attached hydrogen (secondary N) is 2. The Bertz CT molecular complexity index is 6320. The van der Waals surface area contributed by atoms with Gasteiger partial charge in [0.05, 0.1) is 155 Å². The Labute approximate surface area is 838 Å². The molecule has 0 spiro atoms. The SMILES string of the molecule is CCCSC1=C(SCCC)SC(=c2sc3c4nc(c(-c5c(F)c(F)c(F)c(F)c5F)c5[nH]c(c(-c6c(F)c(F)c(F)c(F)c6F)c6nc(c(-c7c(F)c(F)c(F)c(F)c7F)c7[nH]c(c4-c4c(F)c(F)c(F)c(F)c4F)c4sc(=C8SC(SCCC)=C(SCCC)S8)sc74)c4sc(=C7SC(SCCC)=C(SCCC)S7)sc64)c4sc(=C6SC(SCCC)=C(SCCC)S6)sc54)c3s2)S1. The molecule has 0 unspecified atom stereocenters. The molecule has 8 bridgehead atoms. The van der Waals surface area contributed by atoms with Crippen LogP contribution < -0.4 is 15.4 Å². The standard InChI is InChI=1S/C84H58F20N4S24/c1-9-17-109-69-70(110-18-10-2)126-81(125-69)77-117-61-53-29(25-33(85)41(93)49(101)42(94)34(25)86)55-63-65(121-78(119-63)82-127-71(111-19-11-3)72(128-82)112-20-12-4)57(106-55)31(27-37(89)45(97)51(103)46(98)38(27)90)59-67-68(124-80(123-67)84-131-75(115-23-15-7)76(132-84)116-24-16-8)60(108-59)32(28-39(91)47(99)52(104)48(100)40(28)92)58-66-64(120-79(122-66)83-129-73(113-21-13-5)74(130-83)114-22-14-6)56(107-58)30(54(105-53)62(61)118-77)26-35(87)43(95)50(102)44(96)36(26)88/h105,108H,9-24H2,1-8H3. The van der Waals surface area contributed by atoms with E-state index in [2.05, 4.69) is 9.97 Å². The summed E-state index contributed by atoms with van der Waals surface area (Å²) < 4.78 is 357. The van der Waals surface area contributed by atoms with Crippen molar-refractivity contribution in [3.63, 3.8) is 0 Å². The Morgan fingerprint density at radius 1 is 0.189 bits per heavy atom. The third-order valence-electron chi connectivity index (χ3n) is 19.2. The first-order chi connectivity index (χ1) is 63.5. The van der Waals surface area contributed by atoms with Crippen molar-refractivity contribution in [3.8, 4) is 44.5 Å². The molecule has 0 atom stereocenters. The zero-order chi connectivity index (χ0) is 93.8. The lowest BCUT2D eigenvalue weighted by Gasteiger charge is -2.11. The van der Waals surface area contributed by atoms with Crippen LogP contribution in [0.3, 0.4) is 0 Å². The molecule has 48 heteroatoms. The van der Waals surface area contributed by atoms with Crippen LogP contribution in [0.4, 0.5) is 87.8 Å². The minimum Gasteiger partial charge on any atom is -0.352 e. The van der Waals surface area contributed by atoms with Gasteiger partial charge in [0, 0.05) is 22.3 Å². The number of nitrogens with zero attached hydrogens (tertiary/aromatic N) is 2. The van der Waals surface area contributed by atoms with Crippen molar-refractivity contribution in [1.82, 2.24) is 19.9 Å². The second-order valence-corrected chi connectivity index (χ2v) is 57.6. The largest absolute Gasteiger partial charge is 0.352 e. The van der Waals surface area contributed by atoms with Gasteiger partial charge >= 0.3 is 0 Å². The van der Waals surface area contributed by atoms with Crippen molar-refractivity contribution < 1.29 is 87.8 Å². The maximum absolute atomic E-state index is 18.6. The minimum atomic E-state index is -2.71. The van der Waals surface area contributed by atoms with Gasteiger partial charge < -0.3 is 9.97 Å². The van der Waals surface area contributed by atoms with Crippen LogP contribution in [0.25, 0.3) is 143 Å². The van der Waals surface area contributed by atoms with Gasteiger partial charge in [0.15, 0.2) is 93.1 Å². The Morgan fingerprint density at radius 3 is 0.470 bits per heavy atom. The Hall–Kier alpha value is -2.64. The van der Waals surface area contributed by atoms with E-state index in [1.54, 1.807) is 0 Å². The summed E-state index contributed by atoms with van der Waals surface area (Å²) in [7, 11) is 0. The van der Waals surface area contributed by atoms with Crippen LogP contribution in [-0.2, 0) is 0 Å². The van der Waals surface area contributed by atoms with Crippen molar-refractivity contribution in [2.24, 2.45) is 0 Å². The van der Waals surface area contributed by atoms with E-state index in [-0.39, 0.29) is 34.2 Å². The van der Waals surface area contributed by atoms with E-state index in [0.717, 1.165) is 79.2 Å². The Balaban J connectivity index is 1.24. The summed E-state index contributed by atoms with van der Waals surface area (Å²) in [5, 5.41) is 0. The molecule has 5 aromatic carbocycles. The average Bonchev–Trinajstić information content (AvgIpc) is 1.53. The molecule has 0 radical (unpaired) electrons. The van der Waals surface area contributed by atoms with Gasteiger partial charge in [-0.2, -0.15) is 0 Å². The first kappa shape index (κ1) is 101. The summed E-state index contributed by atoms with van der Waals surface area (Å²) >= 11 is 27.5. The van der Waals surface area contributed by atoms with E-state index in [4.69, 9.17) is 9.97 Å². The number of rotatable bonds is 28. The summed E-state index contributed by atoms with van der Waals surface area (Å²) in [4.78, 5) is 16.0. The summed E-state index contributed by atoms with van der Waals surface area (Å²) in [6.07, 6.45) is 5.44. The fourth-order valence-corrected chi connectivity index (χ4v) is 48.3. The fourth-order valence-electron chi connectivity index (χ4n) is 13.5. The number of benzene rings is 4. The molecule has 132 heavy (non-hydrogen) atoms. The van der Waals surface area contributed by atoms with Crippen LogP contribution in [0.2, 0.25) is 0 Å². The van der Waals surface area contributed by atoms with Crippen molar-refractivity contribution in [2.75, 3.05) is 46.0 Å². The predicted molar refractivity (Wildman–Crippen MR) is 553 cm³/mol. The van der Waals surface area contributed by atoms with Gasteiger partial charge in [-0.25, -0.2) is 97.8 Å². The molecule has 0 aliphatic carbocycles. The minimum absolute atomic E-state index is 0.192. The normalized spacial score (nSPS) is 14.8.